The van der Waals surface area contributed by atoms with Crippen LogP contribution in [0.2, 0.25) is 0 Å². The zero-order chi connectivity index (χ0) is 18.7. The van der Waals surface area contributed by atoms with E-state index in [0.717, 1.165) is 50.1 Å². The van der Waals surface area contributed by atoms with Crippen LogP contribution in [-0.4, -0.2) is 51.4 Å². The van der Waals surface area contributed by atoms with Crippen molar-refractivity contribution in [2.45, 2.75) is 56.9 Å². The smallest absolute Gasteiger partial charge is 0.240 e. The summed E-state index contributed by atoms with van der Waals surface area (Å²) in [6.07, 6.45) is 4.83. The first-order valence-corrected chi connectivity index (χ1v) is 11.0. The molecule has 0 aliphatic carbocycles. The van der Waals surface area contributed by atoms with Crippen LogP contribution in [0.3, 0.4) is 0 Å². The highest BCUT2D eigenvalue weighted by atomic mass is 32.2. The molecule has 3 rings (SSSR count). The Morgan fingerprint density at radius 1 is 1.23 bits per heavy atom. The molecule has 1 saturated heterocycles. The van der Waals surface area contributed by atoms with Crippen LogP contribution in [0.15, 0.2) is 23.1 Å². The molecule has 2 aliphatic heterocycles. The predicted octanol–water partition coefficient (Wildman–Crippen LogP) is 2.14. The summed E-state index contributed by atoms with van der Waals surface area (Å²) in [6, 6.07) is 5.11. The van der Waals surface area contributed by atoms with Crippen molar-refractivity contribution in [3.63, 3.8) is 0 Å². The van der Waals surface area contributed by atoms with Crippen LogP contribution in [0.4, 0.5) is 5.69 Å². The van der Waals surface area contributed by atoms with Crippen molar-refractivity contribution in [2.75, 3.05) is 31.1 Å². The van der Waals surface area contributed by atoms with Gasteiger partial charge in [0.25, 0.3) is 0 Å². The SMILES string of the molecule is CCCCN1CCC(NS(=O)(=O)c2ccc3c(c2)N(C(C)=O)CC3)CC1. The molecule has 1 aromatic carbocycles. The number of unbranched alkanes of at least 4 members (excludes halogenated alkanes) is 1. The van der Waals surface area contributed by atoms with E-state index in [-0.39, 0.29) is 16.8 Å². The van der Waals surface area contributed by atoms with E-state index >= 15 is 0 Å². The Bertz CT molecular complexity index is 755. The van der Waals surface area contributed by atoms with E-state index in [4.69, 9.17) is 0 Å². The van der Waals surface area contributed by atoms with Crippen LogP contribution in [0.1, 0.15) is 45.1 Å². The average Bonchev–Trinajstić information content (AvgIpc) is 3.04. The van der Waals surface area contributed by atoms with Gasteiger partial charge in [0.2, 0.25) is 15.9 Å². The lowest BCUT2D eigenvalue weighted by Crippen LogP contribution is -2.44. The zero-order valence-corrected chi connectivity index (χ0v) is 16.5. The number of amides is 1. The Morgan fingerprint density at radius 2 is 1.96 bits per heavy atom. The van der Waals surface area contributed by atoms with E-state index in [1.54, 1.807) is 17.0 Å². The Balaban J connectivity index is 1.66. The number of carbonyl (C=O) groups excluding carboxylic acids is 1. The first-order valence-electron chi connectivity index (χ1n) is 9.56. The number of benzene rings is 1. The Morgan fingerprint density at radius 3 is 2.62 bits per heavy atom. The highest BCUT2D eigenvalue weighted by Crippen LogP contribution is 2.30. The van der Waals surface area contributed by atoms with Crippen LogP contribution in [-0.2, 0) is 21.2 Å². The fourth-order valence-corrected chi connectivity index (χ4v) is 5.12. The standard InChI is InChI=1S/C19H29N3O3S/c1-3-4-10-21-11-8-17(9-12-21)20-26(24,25)18-6-5-16-7-13-22(15(2)23)19(16)14-18/h5-6,14,17,20H,3-4,7-13H2,1-2H3. The minimum atomic E-state index is -3.57. The molecule has 0 bridgehead atoms. The van der Waals surface area contributed by atoms with Gasteiger partial charge in [0, 0.05) is 25.2 Å². The van der Waals surface area contributed by atoms with E-state index in [1.807, 2.05) is 6.07 Å². The highest BCUT2D eigenvalue weighted by molar-refractivity contribution is 7.89. The van der Waals surface area contributed by atoms with Crippen molar-refractivity contribution < 1.29 is 13.2 Å². The molecule has 2 aliphatic rings. The molecule has 0 radical (unpaired) electrons. The lowest BCUT2D eigenvalue weighted by molar-refractivity contribution is -0.116. The molecule has 26 heavy (non-hydrogen) atoms. The average molecular weight is 380 g/mol. The van der Waals surface area contributed by atoms with E-state index < -0.39 is 10.0 Å². The number of piperidine rings is 1. The van der Waals surface area contributed by atoms with Crippen molar-refractivity contribution in [1.29, 1.82) is 0 Å². The van der Waals surface area contributed by atoms with Gasteiger partial charge < -0.3 is 9.80 Å². The topological polar surface area (TPSA) is 69.7 Å². The van der Waals surface area contributed by atoms with E-state index in [2.05, 4.69) is 16.5 Å². The van der Waals surface area contributed by atoms with Gasteiger partial charge in [-0.25, -0.2) is 13.1 Å². The van der Waals surface area contributed by atoms with Crippen LogP contribution >= 0.6 is 0 Å². The number of nitrogens with zero attached hydrogens (tertiary/aromatic N) is 2. The second-order valence-electron chi connectivity index (χ2n) is 7.30. The highest BCUT2D eigenvalue weighted by Gasteiger charge is 2.27. The van der Waals surface area contributed by atoms with Gasteiger partial charge >= 0.3 is 0 Å². The third kappa shape index (κ3) is 4.27. The first-order chi connectivity index (χ1) is 12.4. The Kier molecular flexibility index (Phi) is 5.99. The molecule has 1 aromatic rings. The molecule has 144 valence electrons. The first kappa shape index (κ1) is 19.3. The fraction of sp³-hybridized carbons (Fsp3) is 0.632. The van der Waals surface area contributed by atoms with Gasteiger partial charge in [0.05, 0.1) is 4.90 Å². The minimum Gasteiger partial charge on any atom is -0.312 e. The van der Waals surface area contributed by atoms with Crippen LogP contribution in [0, 0.1) is 0 Å². The maximum absolute atomic E-state index is 12.8. The number of fused-ring (bicyclic) bond motifs is 1. The third-order valence-corrected chi connectivity index (χ3v) is 6.90. The summed E-state index contributed by atoms with van der Waals surface area (Å²) in [5.74, 6) is -0.0503. The van der Waals surface area contributed by atoms with E-state index in [9.17, 15) is 13.2 Å². The lowest BCUT2D eigenvalue weighted by Gasteiger charge is -2.32. The van der Waals surface area contributed by atoms with E-state index in [0.29, 0.717) is 6.54 Å². The molecular weight excluding hydrogens is 350 g/mol. The van der Waals surface area contributed by atoms with Crippen LogP contribution in [0.5, 0.6) is 0 Å². The number of rotatable bonds is 6. The summed E-state index contributed by atoms with van der Waals surface area (Å²) in [6.45, 7) is 7.30. The molecule has 1 N–H and O–H groups in total. The van der Waals surface area contributed by atoms with Gasteiger partial charge in [-0.3, -0.25) is 4.79 Å². The molecule has 7 heteroatoms. The Hall–Kier alpha value is -1.44. The molecule has 0 spiro atoms. The second kappa shape index (κ2) is 8.06. The molecule has 0 saturated carbocycles. The summed E-state index contributed by atoms with van der Waals surface area (Å²) in [4.78, 5) is 16.1. The van der Waals surface area contributed by atoms with Gasteiger partial charge in [-0.1, -0.05) is 19.4 Å². The predicted molar refractivity (Wildman–Crippen MR) is 103 cm³/mol. The number of hydrogen-bond donors (Lipinski definition) is 1. The molecular formula is C19H29N3O3S. The molecule has 1 fully saturated rings. The molecule has 1 amide bonds. The van der Waals surface area contributed by atoms with Crippen LogP contribution < -0.4 is 9.62 Å². The normalized spacial score (nSPS) is 18.9. The molecule has 6 nitrogen and oxygen atoms in total. The maximum Gasteiger partial charge on any atom is 0.240 e. The summed E-state index contributed by atoms with van der Waals surface area (Å²) in [5.41, 5.74) is 1.76. The van der Waals surface area contributed by atoms with Gasteiger partial charge in [-0.05, 0) is 63.0 Å². The minimum absolute atomic E-state index is 0.0185. The molecule has 2 heterocycles. The number of carbonyl (C=O) groups is 1. The van der Waals surface area contributed by atoms with Gasteiger partial charge in [-0.2, -0.15) is 0 Å². The summed E-state index contributed by atoms with van der Waals surface area (Å²) < 4.78 is 28.5. The monoisotopic (exact) mass is 379 g/mol. The van der Waals surface area contributed by atoms with Crippen molar-refractivity contribution in [3.05, 3.63) is 23.8 Å². The number of anilines is 1. The number of hydrogen-bond acceptors (Lipinski definition) is 4. The summed E-state index contributed by atoms with van der Waals surface area (Å²) in [7, 11) is -3.57. The second-order valence-corrected chi connectivity index (χ2v) is 9.02. The van der Waals surface area contributed by atoms with Crippen LogP contribution in [0.25, 0.3) is 0 Å². The van der Waals surface area contributed by atoms with Crippen molar-refractivity contribution in [1.82, 2.24) is 9.62 Å². The largest absolute Gasteiger partial charge is 0.312 e. The molecule has 0 unspecified atom stereocenters. The van der Waals surface area contributed by atoms with Gasteiger partial charge in [-0.15, -0.1) is 0 Å². The van der Waals surface area contributed by atoms with Crippen molar-refractivity contribution in [3.8, 4) is 0 Å². The van der Waals surface area contributed by atoms with Crippen molar-refractivity contribution >= 4 is 21.6 Å². The van der Waals surface area contributed by atoms with Gasteiger partial charge in [0.1, 0.15) is 0 Å². The quantitative estimate of drug-likeness (QED) is 0.822. The Labute approximate surface area is 156 Å². The number of likely N-dealkylation sites (tertiary alicyclic amines) is 1. The van der Waals surface area contributed by atoms with E-state index in [1.165, 1.54) is 19.8 Å². The number of sulfonamides is 1. The summed E-state index contributed by atoms with van der Waals surface area (Å²) in [5, 5.41) is 0. The molecule has 0 aromatic heterocycles. The summed E-state index contributed by atoms with van der Waals surface area (Å²) >= 11 is 0. The zero-order valence-electron chi connectivity index (χ0n) is 15.7. The third-order valence-electron chi connectivity index (χ3n) is 5.38. The molecule has 0 atom stereocenters. The lowest BCUT2D eigenvalue weighted by atomic mass is 10.1. The fourth-order valence-electron chi connectivity index (χ4n) is 3.80. The maximum atomic E-state index is 12.8. The number of nitrogens with one attached hydrogen (secondary N) is 1. The van der Waals surface area contributed by atoms with Gasteiger partial charge in [0.15, 0.2) is 0 Å². The van der Waals surface area contributed by atoms with Crippen molar-refractivity contribution in [2.24, 2.45) is 0 Å².